The summed E-state index contributed by atoms with van der Waals surface area (Å²) >= 11 is 6.48. The monoisotopic (exact) mass is 544 g/mol. The Hall–Kier alpha value is -2.68. The first-order valence-corrected chi connectivity index (χ1v) is 13.6. The summed E-state index contributed by atoms with van der Waals surface area (Å²) in [4.78, 5) is 44.9. The number of rotatable bonds is 12. The van der Waals surface area contributed by atoms with Gasteiger partial charge in [0.2, 0.25) is 5.91 Å². The molecule has 1 N–H and O–H groups in total. The maximum Gasteiger partial charge on any atom is 0.312 e. The van der Waals surface area contributed by atoms with Gasteiger partial charge in [0.25, 0.3) is 5.91 Å². The second-order valence-electron chi connectivity index (χ2n) is 10.6. The lowest BCUT2D eigenvalue weighted by Crippen LogP contribution is -2.57. The van der Waals surface area contributed by atoms with Gasteiger partial charge in [0.15, 0.2) is 0 Å². The largest absolute Gasteiger partial charge is 0.465 e. The number of nitrogens with zero attached hydrogens (tertiary/aromatic N) is 2. The smallest absolute Gasteiger partial charge is 0.312 e. The van der Waals surface area contributed by atoms with Crippen LogP contribution < -0.4 is 4.90 Å². The van der Waals surface area contributed by atoms with E-state index in [4.69, 9.17) is 21.1 Å². The number of para-hydroxylation sites is 1. The van der Waals surface area contributed by atoms with Gasteiger partial charge in [0.05, 0.1) is 28.8 Å². The molecule has 3 saturated heterocycles. The fourth-order valence-electron chi connectivity index (χ4n) is 6.60. The number of carbonyl (C=O) groups excluding carboxylic acids is 3. The molecule has 6 atom stereocenters. The molecule has 1 spiro atoms. The minimum Gasteiger partial charge on any atom is -0.465 e. The van der Waals surface area contributed by atoms with Crippen LogP contribution in [0.25, 0.3) is 0 Å². The average Bonchev–Trinajstić information content (AvgIpc) is 3.40. The van der Waals surface area contributed by atoms with Crippen LogP contribution in [0, 0.1) is 17.8 Å². The Morgan fingerprint density at radius 1 is 1.29 bits per heavy atom. The van der Waals surface area contributed by atoms with E-state index in [-0.39, 0.29) is 50.5 Å². The zero-order valence-corrected chi connectivity index (χ0v) is 22.9. The van der Waals surface area contributed by atoms with Crippen LogP contribution in [0.4, 0.5) is 5.69 Å². The van der Waals surface area contributed by atoms with Crippen LogP contribution in [-0.2, 0) is 23.9 Å². The average molecular weight is 545 g/mol. The Morgan fingerprint density at radius 2 is 2.03 bits per heavy atom. The van der Waals surface area contributed by atoms with Gasteiger partial charge in [-0.3, -0.25) is 14.4 Å². The van der Waals surface area contributed by atoms with E-state index in [9.17, 15) is 19.5 Å². The Bertz CT molecular complexity index is 1110. The fraction of sp³-hybridized carbons (Fsp3) is 0.552. The minimum atomic E-state index is -1.21. The summed E-state index contributed by atoms with van der Waals surface area (Å²) in [7, 11) is 0. The molecule has 0 aromatic heterocycles. The Labute approximate surface area is 229 Å². The number of aliphatic hydroxyl groups is 1. The molecule has 0 radical (unpaired) electrons. The summed E-state index contributed by atoms with van der Waals surface area (Å²) in [5.74, 6) is -2.96. The molecule has 3 fully saturated rings. The van der Waals surface area contributed by atoms with Gasteiger partial charge in [-0.25, -0.2) is 0 Å². The number of likely N-dealkylation sites (tertiary alicyclic amines) is 1. The normalized spacial score (nSPS) is 31.3. The van der Waals surface area contributed by atoms with Crippen molar-refractivity contribution in [2.24, 2.45) is 17.8 Å². The molecule has 1 aromatic carbocycles. The minimum absolute atomic E-state index is 0.0986. The van der Waals surface area contributed by atoms with Gasteiger partial charge >= 0.3 is 5.97 Å². The van der Waals surface area contributed by atoms with Gasteiger partial charge in [-0.2, -0.15) is 0 Å². The first-order chi connectivity index (χ1) is 18.2. The molecule has 206 valence electrons. The lowest BCUT2D eigenvalue weighted by Gasteiger charge is -2.37. The number of halogens is 1. The van der Waals surface area contributed by atoms with Crippen LogP contribution in [-0.4, -0.2) is 71.3 Å². The number of anilines is 1. The quantitative estimate of drug-likeness (QED) is 0.244. The standard InChI is InChI=1S/C29H37ClN2O6/c1-5-7-10-17-37-27(36)23-22-25(34)32(15-11-16-33)24(29(22)18-19(3)28(23,4)38-29)26(35)31(14-6-2)21-13-9-8-12-20(21)30/h5-6,8-9,12-13,19,22-24,33H,1-2,7,10-11,14-18H2,3-4H3/t19?,22-,23+,24?,28-,29?/m0/s1. The Morgan fingerprint density at radius 3 is 2.68 bits per heavy atom. The number of hydrogen-bond donors (Lipinski definition) is 1. The maximum absolute atomic E-state index is 14.4. The van der Waals surface area contributed by atoms with Crippen LogP contribution in [0.1, 0.15) is 39.5 Å². The van der Waals surface area contributed by atoms with Gasteiger partial charge in [-0.1, -0.05) is 42.8 Å². The van der Waals surface area contributed by atoms with Crippen molar-refractivity contribution < 1.29 is 29.0 Å². The van der Waals surface area contributed by atoms with E-state index in [0.29, 0.717) is 30.0 Å². The highest BCUT2D eigenvalue weighted by Gasteiger charge is 2.80. The second-order valence-corrected chi connectivity index (χ2v) is 11.0. The van der Waals surface area contributed by atoms with E-state index in [0.717, 1.165) is 0 Å². The number of fused-ring (bicyclic) bond motifs is 1. The van der Waals surface area contributed by atoms with Crippen molar-refractivity contribution in [1.82, 2.24) is 4.90 Å². The number of amides is 2. The van der Waals surface area contributed by atoms with Crippen molar-refractivity contribution in [1.29, 1.82) is 0 Å². The molecule has 8 nitrogen and oxygen atoms in total. The topological polar surface area (TPSA) is 96.4 Å². The first-order valence-electron chi connectivity index (χ1n) is 13.2. The number of esters is 1. The van der Waals surface area contributed by atoms with Crippen LogP contribution in [0.2, 0.25) is 5.02 Å². The number of allylic oxidation sites excluding steroid dienone is 1. The molecule has 1 aromatic rings. The number of hydrogen-bond acceptors (Lipinski definition) is 6. The predicted molar refractivity (Wildman–Crippen MR) is 145 cm³/mol. The van der Waals surface area contributed by atoms with E-state index in [1.807, 2.05) is 13.8 Å². The van der Waals surface area contributed by atoms with Crippen LogP contribution in [0.5, 0.6) is 0 Å². The number of benzene rings is 1. The maximum atomic E-state index is 14.4. The summed E-state index contributed by atoms with van der Waals surface area (Å²) in [5, 5.41) is 9.96. The SMILES string of the molecule is C=CCCCOC(=O)[C@H]1[C@H]2C(=O)N(CCCO)C(C(=O)N(CC=C)c3ccccc3Cl)C23CC(C)[C@]1(C)O3. The van der Waals surface area contributed by atoms with Gasteiger partial charge in [-0.15, -0.1) is 13.2 Å². The summed E-state index contributed by atoms with van der Waals surface area (Å²) in [5.41, 5.74) is -1.66. The molecular weight excluding hydrogens is 508 g/mol. The number of carbonyl (C=O) groups is 3. The third kappa shape index (κ3) is 4.46. The Balaban J connectivity index is 1.77. The molecule has 9 heteroatoms. The summed E-state index contributed by atoms with van der Waals surface area (Å²) in [6.07, 6.45) is 5.44. The first kappa shape index (κ1) is 28.3. The molecule has 0 saturated carbocycles. The van der Waals surface area contributed by atoms with E-state index in [2.05, 4.69) is 13.2 Å². The highest BCUT2D eigenvalue weighted by Crippen LogP contribution is 2.65. The van der Waals surface area contributed by atoms with Gasteiger partial charge in [0, 0.05) is 19.7 Å². The number of ether oxygens (including phenoxy) is 2. The van der Waals surface area contributed by atoms with Crippen molar-refractivity contribution in [3.8, 4) is 0 Å². The highest BCUT2D eigenvalue weighted by atomic mass is 35.5. The predicted octanol–water partition coefficient (Wildman–Crippen LogP) is 3.76. The Kier molecular flexibility index (Phi) is 8.35. The lowest BCUT2D eigenvalue weighted by molar-refractivity contribution is -0.161. The zero-order chi connectivity index (χ0) is 27.7. The van der Waals surface area contributed by atoms with Crippen LogP contribution in [0.15, 0.2) is 49.6 Å². The summed E-state index contributed by atoms with van der Waals surface area (Å²) in [6.45, 7) is 11.7. The third-order valence-electron chi connectivity index (χ3n) is 8.38. The molecule has 3 aliphatic heterocycles. The molecule has 3 aliphatic rings. The van der Waals surface area contributed by atoms with Crippen LogP contribution in [0.3, 0.4) is 0 Å². The molecular formula is C29H37ClN2O6. The van der Waals surface area contributed by atoms with Gasteiger partial charge in [0.1, 0.15) is 17.6 Å². The molecule has 2 amide bonds. The highest BCUT2D eigenvalue weighted by molar-refractivity contribution is 6.34. The van der Waals surface area contributed by atoms with E-state index >= 15 is 0 Å². The molecule has 38 heavy (non-hydrogen) atoms. The van der Waals surface area contributed by atoms with Crippen molar-refractivity contribution in [3.05, 3.63) is 54.6 Å². The van der Waals surface area contributed by atoms with E-state index in [1.54, 1.807) is 36.4 Å². The van der Waals surface area contributed by atoms with E-state index < -0.39 is 35.0 Å². The molecule has 2 bridgehead atoms. The zero-order valence-electron chi connectivity index (χ0n) is 22.1. The van der Waals surface area contributed by atoms with Crippen molar-refractivity contribution in [2.75, 3.05) is 31.2 Å². The number of aliphatic hydroxyl groups excluding tert-OH is 1. The van der Waals surface area contributed by atoms with E-state index in [1.165, 1.54) is 9.80 Å². The molecule has 0 aliphatic carbocycles. The summed E-state index contributed by atoms with van der Waals surface area (Å²) in [6, 6.07) is 6.01. The molecule has 4 rings (SSSR count). The van der Waals surface area contributed by atoms with Crippen molar-refractivity contribution in [3.63, 3.8) is 0 Å². The van der Waals surface area contributed by atoms with Gasteiger partial charge < -0.3 is 24.4 Å². The van der Waals surface area contributed by atoms with Gasteiger partial charge in [-0.05, 0) is 50.7 Å². The molecule has 3 heterocycles. The summed E-state index contributed by atoms with van der Waals surface area (Å²) < 4.78 is 12.3. The third-order valence-corrected chi connectivity index (χ3v) is 8.70. The lowest BCUT2D eigenvalue weighted by atomic mass is 9.62. The second kappa shape index (κ2) is 11.2. The molecule has 3 unspecified atom stereocenters. The van der Waals surface area contributed by atoms with Crippen molar-refractivity contribution >= 4 is 35.1 Å². The number of unbranched alkanes of at least 4 members (excludes halogenated alkanes) is 1. The van der Waals surface area contributed by atoms with Crippen molar-refractivity contribution in [2.45, 2.75) is 56.8 Å². The van der Waals surface area contributed by atoms with Crippen LogP contribution >= 0.6 is 11.6 Å². The fourth-order valence-corrected chi connectivity index (χ4v) is 6.84.